The van der Waals surface area contributed by atoms with Crippen molar-refractivity contribution < 1.29 is 14.3 Å². The zero-order valence-corrected chi connectivity index (χ0v) is 27.6. The van der Waals surface area contributed by atoms with Crippen LogP contribution in [0.2, 0.25) is 0 Å². The average Bonchev–Trinajstić information content (AvgIpc) is 2.91. The van der Waals surface area contributed by atoms with Gasteiger partial charge in [0, 0.05) is 23.7 Å². The van der Waals surface area contributed by atoms with Crippen LogP contribution in [-0.4, -0.2) is 28.1 Å². The Labute approximate surface area is 257 Å². The van der Waals surface area contributed by atoms with E-state index in [2.05, 4.69) is 52.8 Å². The fourth-order valence-corrected chi connectivity index (χ4v) is 5.61. The smallest absolute Gasteiger partial charge is 0.312 e. The molecule has 2 aromatic carbocycles. The lowest BCUT2D eigenvalue weighted by atomic mass is 9.72. The molecule has 0 aliphatic carbocycles. The highest BCUT2D eigenvalue weighted by Crippen LogP contribution is 2.39. The molecule has 1 heterocycles. The standard InChI is InChI=1S/C35H49N3O3S/c1-26-23-36-32(37-24-26)38-42-30-18-16-29(17-19-30)40-22-20-28-14-12-27(13-15-28)11-9-10-21-34(5,6)25-35(7,8)31(39)41-33(2,3)4/h12-19,23-24H,9-11,20-22,25H2,1-8H3,(H,36,37,38). The molecule has 0 saturated heterocycles. The molecule has 1 aromatic heterocycles. The monoisotopic (exact) mass is 591 g/mol. The second kappa shape index (κ2) is 14.9. The van der Waals surface area contributed by atoms with E-state index in [0.29, 0.717) is 12.6 Å². The number of unbranched alkanes of at least 4 members (excludes halogenated alkanes) is 1. The van der Waals surface area contributed by atoms with Gasteiger partial charge in [-0.2, -0.15) is 0 Å². The molecule has 228 valence electrons. The Morgan fingerprint density at radius 2 is 1.43 bits per heavy atom. The van der Waals surface area contributed by atoms with Crippen LogP contribution < -0.4 is 9.46 Å². The number of ether oxygens (including phenoxy) is 2. The molecule has 0 fully saturated rings. The molecule has 0 aliphatic heterocycles. The number of aryl methyl sites for hydroxylation is 2. The quantitative estimate of drug-likeness (QED) is 0.107. The SMILES string of the molecule is Cc1cnc(NSc2ccc(OCCc3ccc(CCCCC(C)(C)CC(C)(C)C(=O)OC(C)(C)C)cc3)cc2)nc1. The molecule has 3 rings (SSSR count). The van der Waals surface area contributed by atoms with Crippen LogP contribution in [0.3, 0.4) is 0 Å². The van der Waals surface area contributed by atoms with E-state index in [0.717, 1.165) is 54.7 Å². The fraction of sp³-hybridized carbons (Fsp3) is 0.514. The lowest BCUT2D eigenvalue weighted by Gasteiger charge is -2.35. The summed E-state index contributed by atoms with van der Waals surface area (Å²) in [7, 11) is 0. The van der Waals surface area contributed by atoms with Crippen LogP contribution in [0.1, 0.15) is 90.8 Å². The molecule has 0 atom stereocenters. The van der Waals surface area contributed by atoms with Crippen molar-refractivity contribution in [2.45, 2.75) is 104 Å². The van der Waals surface area contributed by atoms with Crippen molar-refractivity contribution in [2.75, 3.05) is 11.3 Å². The average molecular weight is 592 g/mol. The maximum atomic E-state index is 12.7. The van der Waals surface area contributed by atoms with Crippen molar-refractivity contribution in [1.82, 2.24) is 9.97 Å². The summed E-state index contributed by atoms with van der Waals surface area (Å²) in [5, 5.41) is 0. The third kappa shape index (κ3) is 12.0. The second-order valence-electron chi connectivity index (χ2n) is 13.6. The van der Waals surface area contributed by atoms with Gasteiger partial charge in [-0.05, 0) is 126 Å². The van der Waals surface area contributed by atoms with E-state index in [-0.39, 0.29) is 11.4 Å². The summed E-state index contributed by atoms with van der Waals surface area (Å²) >= 11 is 1.47. The molecule has 7 heteroatoms. The summed E-state index contributed by atoms with van der Waals surface area (Å²) in [6.07, 6.45) is 9.70. The highest BCUT2D eigenvalue weighted by Gasteiger charge is 2.37. The second-order valence-corrected chi connectivity index (χ2v) is 14.5. The van der Waals surface area contributed by atoms with Crippen molar-refractivity contribution in [1.29, 1.82) is 0 Å². The topological polar surface area (TPSA) is 73.3 Å². The van der Waals surface area contributed by atoms with Crippen molar-refractivity contribution in [3.63, 3.8) is 0 Å². The Kier molecular flexibility index (Phi) is 11.9. The first kappa shape index (κ1) is 33.4. The number of hydrogen-bond donors (Lipinski definition) is 1. The molecular weight excluding hydrogens is 542 g/mol. The minimum Gasteiger partial charge on any atom is -0.493 e. The predicted octanol–water partition coefficient (Wildman–Crippen LogP) is 9.02. The van der Waals surface area contributed by atoms with Gasteiger partial charge in [-0.3, -0.25) is 9.52 Å². The maximum absolute atomic E-state index is 12.7. The molecule has 0 saturated carbocycles. The molecule has 0 radical (unpaired) electrons. The molecule has 6 nitrogen and oxygen atoms in total. The molecular formula is C35H49N3O3S. The summed E-state index contributed by atoms with van der Waals surface area (Å²) in [4.78, 5) is 22.3. The van der Waals surface area contributed by atoms with Crippen molar-refractivity contribution in [3.8, 4) is 5.75 Å². The number of anilines is 1. The summed E-state index contributed by atoms with van der Waals surface area (Å²) < 4.78 is 14.8. The van der Waals surface area contributed by atoms with Crippen LogP contribution in [-0.2, 0) is 22.4 Å². The number of rotatable bonds is 15. The van der Waals surface area contributed by atoms with Crippen LogP contribution >= 0.6 is 11.9 Å². The van der Waals surface area contributed by atoms with Crippen molar-refractivity contribution in [2.24, 2.45) is 10.8 Å². The number of nitrogens with zero attached hydrogens (tertiary/aromatic N) is 2. The fourth-order valence-electron chi connectivity index (χ4n) is 5.02. The van der Waals surface area contributed by atoms with Crippen LogP contribution in [0.5, 0.6) is 5.75 Å². The molecule has 0 amide bonds. The summed E-state index contributed by atoms with van der Waals surface area (Å²) in [5.41, 5.74) is 2.81. The third-order valence-corrected chi connectivity index (χ3v) is 7.78. The zero-order chi connectivity index (χ0) is 30.8. The number of benzene rings is 2. The van der Waals surface area contributed by atoms with Gasteiger partial charge in [-0.25, -0.2) is 9.97 Å². The number of esters is 1. The van der Waals surface area contributed by atoms with E-state index < -0.39 is 11.0 Å². The molecule has 0 bridgehead atoms. The van der Waals surface area contributed by atoms with Gasteiger partial charge in [0.1, 0.15) is 11.4 Å². The highest BCUT2D eigenvalue weighted by molar-refractivity contribution is 8.00. The van der Waals surface area contributed by atoms with Gasteiger partial charge in [0.15, 0.2) is 0 Å². The summed E-state index contributed by atoms with van der Waals surface area (Å²) in [6, 6.07) is 16.9. The molecule has 0 spiro atoms. The molecule has 1 N–H and O–H groups in total. The van der Waals surface area contributed by atoms with Gasteiger partial charge >= 0.3 is 5.97 Å². The van der Waals surface area contributed by atoms with Gasteiger partial charge < -0.3 is 9.47 Å². The molecule has 42 heavy (non-hydrogen) atoms. The Morgan fingerprint density at radius 1 is 0.833 bits per heavy atom. The minimum absolute atomic E-state index is 0.0801. The third-order valence-electron chi connectivity index (χ3n) is 6.99. The van der Waals surface area contributed by atoms with Crippen LogP contribution in [0, 0.1) is 17.8 Å². The number of nitrogens with one attached hydrogen (secondary N) is 1. The Bertz CT molecular complexity index is 1250. The van der Waals surface area contributed by atoms with E-state index in [1.807, 2.05) is 65.8 Å². The van der Waals surface area contributed by atoms with Gasteiger partial charge in [-0.1, -0.05) is 44.5 Å². The first-order valence-electron chi connectivity index (χ1n) is 15.0. The summed E-state index contributed by atoms with van der Waals surface area (Å²) in [5.74, 6) is 1.35. The Morgan fingerprint density at radius 3 is 2.02 bits per heavy atom. The number of carbonyl (C=O) groups excluding carboxylic acids is 1. The van der Waals surface area contributed by atoms with Gasteiger partial charge in [0.05, 0.1) is 12.0 Å². The van der Waals surface area contributed by atoms with E-state index in [1.54, 1.807) is 12.4 Å². The normalized spacial score (nSPS) is 12.2. The van der Waals surface area contributed by atoms with E-state index >= 15 is 0 Å². The predicted molar refractivity (Wildman–Crippen MR) is 174 cm³/mol. The van der Waals surface area contributed by atoms with E-state index in [1.165, 1.54) is 23.1 Å². The lowest BCUT2D eigenvalue weighted by Crippen LogP contribution is -2.36. The Balaban J connectivity index is 1.33. The minimum atomic E-state index is -0.492. The number of hydrogen-bond acceptors (Lipinski definition) is 7. The van der Waals surface area contributed by atoms with E-state index in [4.69, 9.17) is 9.47 Å². The zero-order valence-electron chi connectivity index (χ0n) is 26.8. The van der Waals surface area contributed by atoms with Gasteiger partial charge in [-0.15, -0.1) is 0 Å². The summed E-state index contributed by atoms with van der Waals surface area (Å²) in [6.45, 7) is 16.9. The largest absolute Gasteiger partial charge is 0.493 e. The van der Waals surface area contributed by atoms with Crippen molar-refractivity contribution >= 4 is 23.9 Å². The Hall–Kier alpha value is -3.06. The molecule has 3 aromatic rings. The van der Waals surface area contributed by atoms with Crippen LogP contribution in [0.25, 0.3) is 0 Å². The lowest BCUT2D eigenvalue weighted by molar-refractivity contribution is -0.167. The van der Waals surface area contributed by atoms with Gasteiger partial charge in [0.25, 0.3) is 0 Å². The number of carbonyl (C=O) groups is 1. The molecule has 0 unspecified atom stereocenters. The number of aromatic nitrogens is 2. The van der Waals surface area contributed by atoms with Crippen molar-refractivity contribution in [3.05, 3.63) is 77.6 Å². The van der Waals surface area contributed by atoms with Gasteiger partial charge in [0.2, 0.25) is 5.95 Å². The van der Waals surface area contributed by atoms with Crippen LogP contribution in [0.4, 0.5) is 5.95 Å². The highest BCUT2D eigenvalue weighted by atomic mass is 32.2. The maximum Gasteiger partial charge on any atom is 0.312 e. The molecule has 0 aliphatic rings. The van der Waals surface area contributed by atoms with E-state index in [9.17, 15) is 4.79 Å². The van der Waals surface area contributed by atoms with Crippen LogP contribution in [0.15, 0.2) is 65.8 Å². The first-order valence-corrected chi connectivity index (χ1v) is 15.8. The first-order chi connectivity index (χ1) is 19.7.